The summed E-state index contributed by atoms with van der Waals surface area (Å²) in [5, 5.41) is 0. The Hall–Kier alpha value is -2.05. The van der Waals surface area contributed by atoms with E-state index in [1.165, 1.54) is 11.1 Å². The van der Waals surface area contributed by atoms with Crippen LogP contribution in [0.1, 0.15) is 37.3 Å². The van der Waals surface area contributed by atoms with Crippen LogP contribution >= 0.6 is 0 Å². The number of benzene rings is 2. The first-order valence-corrected chi connectivity index (χ1v) is 11.4. The molecule has 5 rings (SSSR count). The van der Waals surface area contributed by atoms with E-state index in [1.54, 1.807) is 0 Å². The predicted molar refractivity (Wildman–Crippen MR) is 118 cm³/mol. The number of hydrogen-bond donors (Lipinski definition) is 0. The molecule has 5 heteroatoms. The topological polar surface area (TPSA) is 48.0 Å². The highest BCUT2D eigenvalue weighted by Gasteiger charge is 2.69. The van der Waals surface area contributed by atoms with Gasteiger partial charge in [-0.1, -0.05) is 60.7 Å². The van der Waals surface area contributed by atoms with Gasteiger partial charge < -0.3 is 14.2 Å². The van der Waals surface area contributed by atoms with Crippen molar-refractivity contribution < 1.29 is 19.0 Å². The fourth-order valence-corrected chi connectivity index (χ4v) is 5.78. The molecule has 4 atom stereocenters. The van der Waals surface area contributed by atoms with Crippen LogP contribution in [0.4, 0.5) is 0 Å². The van der Waals surface area contributed by atoms with Gasteiger partial charge in [0.2, 0.25) is 0 Å². The average Bonchev–Trinajstić information content (AvgIpc) is 3.50. The monoisotopic (exact) mass is 421 g/mol. The van der Waals surface area contributed by atoms with E-state index in [2.05, 4.69) is 60.4 Å². The lowest BCUT2D eigenvalue weighted by Gasteiger charge is -2.45. The Morgan fingerprint density at radius 3 is 2.13 bits per heavy atom. The number of ether oxygens (including phenoxy) is 3. The molecule has 3 heterocycles. The van der Waals surface area contributed by atoms with Gasteiger partial charge in [-0.15, -0.1) is 0 Å². The number of fused-ring (bicyclic) bond motifs is 1. The van der Waals surface area contributed by atoms with Gasteiger partial charge in [0.1, 0.15) is 11.7 Å². The molecule has 5 nitrogen and oxygen atoms in total. The van der Waals surface area contributed by atoms with E-state index >= 15 is 0 Å². The molecule has 0 aliphatic carbocycles. The molecule has 0 unspecified atom stereocenters. The molecular weight excluding hydrogens is 390 g/mol. The number of carbonyl (C=O) groups excluding carboxylic acids is 1. The van der Waals surface area contributed by atoms with E-state index in [0.717, 1.165) is 13.1 Å². The first-order chi connectivity index (χ1) is 15.1. The second-order valence-corrected chi connectivity index (χ2v) is 8.99. The second-order valence-electron chi connectivity index (χ2n) is 8.99. The molecule has 0 radical (unpaired) electrons. The van der Waals surface area contributed by atoms with E-state index in [-0.39, 0.29) is 17.9 Å². The maximum Gasteiger partial charge on any atom is 0.170 e. The normalized spacial score (nSPS) is 31.3. The van der Waals surface area contributed by atoms with E-state index in [0.29, 0.717) is 39.1 Å². The molecule has 2 aromatic rings. The molecule has 0 aromatic heterocycles. The highest BCUT2D eigenvalue weighted by molar-refractivity contribution is 5.91. The van der Waals surface area contributed by atoms with Crippen LogP contribution in [0.5, 0.6) is 0 Å². The Morgan fingerprint density at radius 2 is 1.55 bits per heavy atom. The summed E-state index contributed by atoms with van der Waals surface area (Å²) in [4.78, 5) is 15.4. The lowest BCUT2D eigenvalue weighted by molar-refractivity contribution is -0.179. The highest BCUT2D eigenvalue weighted by Crippen LogP contribution is 2.52. The van der Waals surface area contributed by atoms with Crippen LogP contribution in [0.25, 0.3) is 0 Å². The lowest BCUT2D eigenvalue weighted by atomic mass is 9.73. The maximum atomic E-state index is 13.0. The predicted octanol–water partition coefficient (Wildman–Crippen LogP) is 3.75. The van der Waals surface area contributed by atoms with Gasteiger partial charge in [-0.25, -0.2) is 0 Å². The number of nitrogens with zero attached hydrogens (tertiary/aromatic N) is 1. The molecule has 3 saturated heterocycles. The highest BCUT2D eigenvalue weighted by atomic mass is 16.6. The minimum absolute atomic E-state index is 0.0508. The van der Waals surface area contributed by atoms with Gasteiger partial charge in [-0.05, 0) is 18.1 Å². The third kappa shape index (κ3) is 3.54. The summed E-state index contributed by atoms with van der Waals surface area (Å²) in [5.74, 6) is 0.186. The van der Waals surface area contributed by atoms with Crippen molar-refractivity contribution in [1.82, 2.24) is 4.90 Å². The van der Waals surface area contributed by atoms with Gasteiger partial charge in [-0.3, -0.25) is 9.69 Å². The van der Waals surface area contributed by atoms with Crippen molar-refractivity contribution in [3.05, 3.63) is 71.8 Å². The zero-order valence-corrected chi connectivity index (χ0v) is 18.2. The molecule has 0 saturated carbocycles. The second kappa shape index (κ2) is 8.47. The van der Waals surface area contributed by atoms with Gasteiger partial charge >= 0.3 is 0 Å². The third-order valence-corrected chi connectivity index (χ3v) is 7.33. The standard InChI is InChI=1S/C26H31NO4/c1-20(24-26(13-16-29-24)25(14-17-31-26)23(28)12-15-30-25)27(18-21-8-4-2-5-9-21)19-22-10-6-3-7-11-22/h2-11,20,24H,12-19H2,1H3/t20-,24-,25-,26-/m0/s1. The summed E-state index contributed by atoms with van der Waals surface area (Å²) in [6.07, 6.45) is 1.60. The van der Waals surface area contributed by atoms with Crippen LogP contribution < -0.4 is 0 Å². The zero-order valence-electron chi connectivity index (χ0n) is 18.2. The number of hydrogen-bond acceptors (Lipinski definition) is 5. The van der Waals surface area contributed by atoms with Gasteiger partial charge in [0.15, 0.2) is 11.4 Å². The molecule has 31 heavy (non-hydrogen) atoms. The SMILES string of the molecule is C[C@@H]([C@@H]1OCC[C@]12OCC[C@@]21OCCC1=O)N(Cc1ccccc1)Cc1ccccc1. The van der Waals surface area contributed by atoms with Crippen LogP contribution in [0.15, 0.2) is 60.7 Å². The number of rotatable bonds is 6. The lowest BCUT2D eigenvalue weighted by Crippen LogP contribution is -2.63. The number of carbonyl (C=O) groups is 1. The first-order valence-electron chi connectivity index (χ1n) is 11.4. The molecular formula is C26H31NO4. The van der Waals surface area contributed by atoms with E-state index in [4.69, 9.17) is 14.2 Å². The molecule has 3 fully saturated rings. The molecule has 0 amide bonds. The van der Waals surface area contributed by atoms with Crippen LogP contribution in [-0.4, -0.2) is 53.9 Å². The van der Waals surface area contributed by atoms with Gasteiger partial charge in [0.25, 0.3) is 0 Å². The van der Waals surface area contributed by atoms with Crippen LogP contribution in [0, 0.1) is 0 Å². The largest absolute Gasteiger partial charge is 0.373 e. The maximum absolute atomic E-state index is 13.0. The van der Waals surface area contributed by atoms with Crippen molar-refractivity contribution in [3.63, 3.8) is 0 Å². The molecule has 0 bridgehead atoms. The van der Waals surface area contributed by atoms with E-state index in [9.17, 15) is 4.79 Å². The van der Waals surface area contributed by atoms with E-state index in [1.807, 2.05) is 12.1 Å². The minimum Gasteiger partial charge on any atom is -0.373 e. The van der Waals surface area contributed by atoms with Crippen molar-refractivity contribution in [2.24, 2.45) is 0 Å². The van der Waals surface area contributed by atoms with Crippen LogP contribution in [-0.2, 0) is 32.1 Å². The molecule has 0 N–H and O–H groups in total. The Bertz CT molecular complexity index is 855. The summed E-state index contributed by atoms with van der Waals surface area (Å²) < 4.78 is 18.9. The van der Waals surface area contributed by atoms with E-state index < -0.39 is 11.2 Å². The Morgan fingerprint density at radius 1 is 0.903 bits per heavy atom. The van der Waals surface area contributed by atoms with Gasteiger partial charge in [-0.2, -0.15) is 0 Å². The van der Waals surface area contributed by atoms with Crippen LogP contribution in [0.3, 0.4) is 0 Å². The Kier molecular flexibility index (Phi) is 5.69. The zero-order chi connectivity index (χ0) is 21.3. The number of ketones is 1. The van der Waals surface area contributed by atoms with Crippen molar-refractivity contribution in [3.8, 4) is 0 Å². The quantitative estimate of drug-likeness (QED) is 0.711. The summed E-state index contributed by atoms with van der Waals surface area (Å²) in [5.41, 5.74) is 0.985. The Balaban J connectivity index is 1.46. The van der Waals surface area contributed by atoms with Gasteiger partial charge in [0, 0.05) is 38.4 Å². The van der Waals surface area contributed by atoms with Crippen molar-refractivity contribution >= 4 is 5.78 Å². The minimum atomic E-state index is -0.840. The molecule has 164 valence electrons. The molecule has 3 aliphatic heterocycles. The number of Topliss-reactive ketones (excluding diaryl/α,β-unsaturated/α-hetero) is 1. The molecule has 2 spiro atoms. The van der Waals surface area contributed by atoms with Crippen molar-refractivity contribution in [2.45, 2.75) is 62.6 Å². The smallest absolute Gasteiger partial charge is 0.170 e. The summed E-state index contributed by atoms with van der Waals surface area (Å²) in [7, 11) is 0. The van der Waals surface area contributed by atoms with Crippen LogP contribution in [0.2, 0.25) is 0 Å². The fraction of sp³-hybridized carbons (Fsp3) is 0.500. The van der Waals surface area contributed by atoms with Gasteiger partial charge in [0.05, 0.1) is 19.8 Å². The average molecular weight is 422 g/mol. The first kappa shape index (κ1) is 20.8. The van der Waals surface area contributed by atoms with Crippen molar-refractivity contribution in [1.29, 1.82) is 0 Å². The van der Waals surface area contributed by atoms with Crippen molar-refractivity contribution in [2.75, 3.05) is 19.8 Å². The summed E-state index contributed by atoms with van der Waals surface area (Å²) in [6.45, 7) is 5.44. The summed E-state index contributed by atoms with van der Waals surface area (Å²) >= 11 is 0. The third-order valence-electron chi connectivity index (χ3n) is 7.33. The summed E-state index contributed by atoms with van der Waals surface area (Å²) in [6, 6.07) is 21.1. The molecule has 3 aliphatic rings. The fourth-order valence-electron chi connectivity index (χ4n) is 5.78. The molecule has 2 aromatic carbocycles. The Labute approximate surface area is 184 Å².